The molecular weight excluding hydrogens is 478 g/mol. The molecule has 2 rings (SSSR count). The van der Waals surface area contributed by atoms with Crippen molar-refractivity contribution in [1.29, 1.82) is 5.26 Å². The van der Waals surface area contributed by atoms with Crippen molar-refractivity contribution in [3.8, 4) is 23.3 Å². The summed E-state index contributed by atoms with van der Waals surface area (Å²) in [5.41, 5.74) is 0.445. The van der Waals surface area contributed by atoms with E-state index in [9.17, 15) is 4.79 Å². The fourth-order valence-electron chi connectivity index (χ4n) is 2.05. The van der Waals surface area contributed by atoms with Crippen LogP contribution in [0.15, 0.2) is 45.3 Å². The highest BCUT2D eigenvalue weighted by atomic mass is 79.9. The van der Waals surface area contributed by atoms with Crippen LogP contribution < -0.4 is 14.2 Å². The molecule has 142 valence electrons. The minimum Gasteiger partial charge on any atom is -0.494 e. The molecule has 0 radical (unpaired) electrons. The zero-order valence-electron chi connectivity index (χ0n) is 15.0. The molecule has 0 amide bonds. The molecule has 0 aliphatic carbocycles. The third-order valence-electron chi connectivity index (χ3n) is 3.49. The molecular formula is C20H19Br2NO4. The Morgan fingerprint density at radius 1 is 1.07 bits per heavy atom. The Balaban J connectivity index is 1.86. The lowest BCUT2D eigenvalue weighted by Crippen LogP contribution is -2.18. The lowest BCUT2D eigenvalue weighted by Gasteiger charge is -2.11. The van der Waals surface area contributed by atoms with Crippen molar-refractivity contribution in [3.63, 3.8) is 0 Å². The first kappa shape index (κ1) is 21.3. The molecule has 2 aromatic carbocycles. The number of hydrogen-bond acceptors (Lipinski definition) is 5. The highest BCUT2D eigenvalue weighted by molar-refractivity contribution is 9.11. The summed E-state index contributed by atoms with van der Waals surface area (Å²) in [7, 11) is 0. The van der Waals surface area contributed by atoms with Gasteiger partial charge in [0.2, 0.25) is 0 Å². The number of nitriles is 1. The Morgan fingerprint density at radius 2 is 1.63 bits per heavy atom. The number of ether oxygens (including phenoxy) is 3. The summed E-state index contributed by atoms with van der Waals surface area (Å²) >= 11 is 6.58. The quantitative estimate of drug-likeness (QED) is 0.357. The summed E-state index contributed by atoms with van der Waals surface area (Å²) < 4.78 is 17.4. The number of benzene rings is 2. The first-order valence-corrected chi connectivity index (χ1v) is 9.93. The van der Waals surface area contributed by atoms with E-state index in [2.05, 4.69) is 45.7 Å². The maximum absolute atomic E-state index is 12.0. The highest BCUT2D eigenvalue weighted by Gasteiger charge is 2.14. The number of esters is 1. The lowest BCUT2D eigenvalue weighted by molar-refractivity contribution is -0.136. The van der Waals surface area contributed by atoms with Gasteiger partial charge in [-0.3, -0.25) is 0 Å². The van der Waals surface area contributed by atoms with Crippen LogP contribution in [-0.4, -0.2) is 19.2 Å². The first-order valence-electron chi connectivity index (χ1n) is 8.34. The first-order chi connectivity index (χ1) is 12.9. The van der Waals surface area contributed by atoms with Crippen LogP contribution in [0.4, 0.5) is 0 Å². The molecule has 0 aliphatic heterocycles. The Kier molecular flexibility index (Phi) is 8.14. The molecule has 5 nitrogen and oxygen atoms in total. The molecule has 0 bridgehead atoms. The normalized spacial score (nSPS) is 10.4. The smallest absolute Gasteiger partial charge is 0.349 e. The Morgan fingerprint density at radius 3 is 2.15 bits per heavy atom. The van der Waals surface area contributed by atoms with Crippen LogP contribution in [0.2, 0.25) is 0 Å². The molecule has 0 unspecified atom stereocenters. The molecule has 0 aliphatic rings. The average Bonchev–Trinajstić information content (AvgIpc) is 2.63. The van der Waals surface area contributed by atoms with E-state index in [-0.39, 0.29) is 6.61 Å². The van der Waals surface area contributed by atoms with Crippen LogP contribution in [0, 0.1) is 17.2 Å². The molecule has 0 aromatic heterocycles. The lowest BCUT2D eigenvalue weighted by atomic mass is 10.1. The van der Waals surface area contributed by atoms with E-state index in [0.29, 0.717) is 38.5 Å². The van der Waals surface area contributed by atoms with E-state index in [0.717, 1.165) is 12.2 Å². The maximum Gasteiger partial charge on any atom is 0.349 e. The summed E-state index contributed by atoms with van der Waals surface area (Å²) in [5.74, 6) is 1.64. The van der Waals surface area contributed by atoms with Crippen molar-refractivity contribution < 1.29 is 19.0 Å². The molecule has 7 heteroatoms. The number of rotatable bonds is 8. The molecule has 0 fully saturated rings. The number of halogens is 2. The summed E-state index contributed by atoms with van der Waals surface area (Å²) in [4.78, 5) is 12.0. The topological polar surface area (TPSA) is 68.6 Å². The van der Waals surface area contributed by atoms with E-state index in [4.69, 9.17) is 19.5 Å². The summed E-state index contributed by atoms with van der Waals surface area (Å²) in [5, 5.41) is 8.93. The van der Waals surface area contributed by atoms with Gasteiger partial charge in [0.15, 0.2) is 12.4 Å². The van der Waals surface area contributed by atoms with Gasteiger partial charge in [-0.25, -0.2) is 4.79 Å². The SMILES string of the molecule is CC(C)CCOc1ccc(OCC(=O)Oc2c(Br)cc(C#N)cc2Br)cc1. The van der Waals surface area contributed by atoms with Gasteiger partial charge in [-0.15, -0.1) is 0 Å². The summed E-state index contributed by atoms with van der Waals surface area (Å²) in [6.07, 6.45) is 0.991. The second kappa shape index (κ2) is 10.3. The maximum atomic E-state index is 12.0. The molecule has 27 heavy (non-hydrogen) atoms. The average molecular weight is 497 g/mol. The minimum absolute atomic E-state index is 0.244. The van der Waals surface area contributed by atoms with Gasteiger partial charge in [0.25, 0.3) is 0 Å². The van der Waals surface area contributed by atoms with E-state index in [1.54, 1.807) is 36.4 Å². The minimum atomic E-state index is -0.557. The van der Waals surface area contributed by atoms with Crippen LogP contribution in [0.25, 0.3) is 0 Å². The Labute approximate surface area is 175 Å². The predicted molar refractivity (Wildman–Crippen MR) is 109 cm³/mol. The molecule has 0 heterocycles. The molecule has 0 saturated carbocycles. The van der Waals surface area contributed by atoms with Gasteiger partial charge >= 0.3 is 5.97 Å². The Bertz CT molecular complexity index is 806. The summed E-state index contributed by atoms with van der Waals surface area (Å²) in [6.45, 7) is 4.72. The number of hydrogen-bond donors (Lipinski definition) is 0. The third-order valence-corrected chi connectivity index (χ3v) is 4.67. The van der Waals surface area contributed by atoms with Crippen molar-refractivity contribution in [2.45, 2.75) is 20.3 Å². The van der Waals surface area contributed by atoms with E-state index >= 15 is 0 Å². The van der Waals surface area contributed by atoms with Gasteiger partial charge in [-0.1, -0.05) is 13.8 Å². The van der Waals surface area contributed by atoms with Gasteiger partial charge < -0.3 is 14.2 Å². The van der Waals surface area contributed by atoms with E-state index < -0.39 is 5.97 Å². The van der Waals surface area contributed by atoms with Crippen molar-refractivity contribution in [2.24, 2.45) is 5.92 Å². The van der Waals surface area contributed by atoms with Gasteiger partial charge in [0.1, 0.15) is 11.5 Å². The fraction of sp³-hybridized carbons (Fsp3) is 0.300. The number of nitrogens with zero attached hydrogens (tertiary/aromatic N) is 1. The van der Waals surface area contributed by atoms with Crippen molar-refractivity contribution in [1.82, 2.24) is 0 Å². The van der Waals surface area contributed by atoms with Gasteiger partial charge in [0, 0.05) is 0 Å². The van der Waals surface area contributed by atoms with Gasteiger partial charge in [-0.2, -0.15) is 5.26 Å². The molecule has 0 N–H and O–H groups in total. The molecule has 0 saturated heterocycles. The number of carbonyl (C=O) groups is 1. The van der Waals surface area contributed by atoms with E-state index in [1.807, 2.05) is 6.07 Å². The van der Waals surface area contributed by atoms with Crippen molar-refractivity contribution >= 4 is 37.8 Å². The fourth-order valence-corrected chi connectivity index (χ4v) is 3.40. The molecule has 0 atom stereocenters. The second-order valence-electron chi connectivity index (χ2n) is 6.15. The van der Waals surface area contributed by atoms with Crippen LogP contribution >= 0.6 is 31.9 Å². The van der Waals surface area contributed by atoms with Crippen LogP contribution in [-0.2, 0) is 4.79 Å². The molecule has 2 aromatic rings. The highest BCUT2D eigenvalue weighted by Crippen LogP contribution is 2.34. The largest absolute Gasteiger partial charge is 0.494 e. The zero-order valence-corrected chi connectivity index (χ0v) is 18.2. The van der Waals surface area contributed by atoms with Crippen LogP contribution in [0.5, 0.6) is 17.2 Å². The predicted octanol–water partition coefficient (Wildman–Crippen LogP) is 5.49. The third kappa shape index (κ3) is 6.89. The summed E-state index contributed by atoms with van der Waals surface area (Å²) in [6, 6.07) is 12.3. The zero-order chi connectivity index (χ0) is 19.8. The number of carbonyl (C=O) groups excluding carboxylic acids is 1. The standard InChI is InChI=1S/C20H19Br2NO4/c1-13(2)7-8-25-15-3-5-16(6-4-15)26-12-19(24)27-20-17(21)9-14(11-23)10-18(20)22/h3-6,9-10,13H,7-8,12H2,1-2H3. The second-order valence-corrected chi connectivity index (χ2v) is 7.85. The van der Waals surface area contributed by atoms with Crippen molar-refractivity contribution in [3.05, 3.63) is 50.9 Å². The Hall–Kier alpha value is -2.04. The molecule has 0 spiro atoms. The van der Waals surface area contributed by atoms with E-state index in [1.165, 1.54) is 0 Å². The van der Waals surface area contributed by atoms with Gasteiger partial charge in [0.05, 0.1) is 27.2 Å². The monoisotopic (exact) mass is 495 g/mol. The van der Waals surface area contributed by atoms with Gasteiger partial charge in [-0.05, 0) is 80.6 Å². The van der Waals surface area contributed by atoms with Crippen molar-refractivity contribution in [2.75, 3.05) is 13.2 Å². The van der Waals surface area contributed by atoms with Crippen LogP contribution in [0.3, 0.4) is 0 Å². The van der Waals surface area contributed by atoms with Crippen LogP contribution in [0.1, 0.15) is 25.8 Å².